The Balaban J connectivity index is 2.04. The third-order valence-corrected chi connectivity index (χ3v) is 3.25. The van der Waals surface area contributed by atoms with Crippen LogP contribution in [0.1, 0.15) is 34.1 Å². The summed E-state index contributed by atoms with van der Waals surface area (Å²) in [6.45, 7) is 6.19. The number of aromatic nitrogens is 1. The zero-order valence-electron chi connectivity index (χ0n) is 14.1. The molecule has 24 heavy (non-hydrogen) atoms. The van der Waals surface area contributed by atoms with Crippen molar-refractivity contribution in [2.45, 2.75) is 27.3 Å². The molecule has 0 unspecified atom stereocenters. The lowest BCUT2D eigenvalue weighted by atomic mass is 10.1. The van der Waals surface area contributed by atoms with Gasteiger partial charge < -0.3 is 15.4 Å². The van der Waals surface area contributed by atoms with Crippen molar-refractivity contribution in [1.29, 1.82) is 0 Å². The number of nitrogens with zero attached hydrogens (tertiary/aromatic N) is 1. The lowest BCUT2D eigenvalue weighted by Crippen LogP contribution is -2.24. The van der Waals surface area contributed by atoms with Crippen molar-refractivity contribution in [3.8, 4) is 0 Å². The predicted octanol–water partition coefficient (Wildman–Crippen LogP) is 3.20. The minimum atomic E-state index is -0.510. The highest BCUT2D eigenvalue weighted by molar-refractivity contribution is 6.04. The van der Waals surface area contributed by atoms with E-state index in [1.807, 2.05) is 32.0 Å². The fraction of sp³-hybridized carbons (Fsp3) is 0.278. The molecule has 0 saturated heterocycles. The molecule has 0 atom stereocenters. The molecule has 0 saturated carbocycles. The van der Waals surface area contributed by atoms with Crippen molar-refractivity contribution in [3.05, 3.63) is 58.9 Å². The average molecular weight is 327 g/mol. The number of alkyl carbamates (subject to hydrolysis) is 1. The number of amides is 2. The summed E-state index contributed by atoms with van der Waals surface area (Å²) < 4.78 is 4.79. The normalized spacial score (nSPS) is 10.1. The van der Waals surface area contributed by atoms with E-state index in [0.717, 1.165) is 16.8 Å². The summed E-state index contributed by atoms with van der Waals surface area (Å²) >= 11 is 0. The summed E-state index contributed by atoms with van der Waals surface area (Å²) in [6.07, 6.45) is 1.03. The first-order valence-corrected chi connectivity index (χ1v) is 7.73. The molecule has 2 aromatic rings. The molecule has 2 amide bonds. The van der Waals surface area contributed by atoms with E-state index in [2.05, 4.69) is 15.6 Å². The van der Waals surface area contributed by atoms with E-state index in [1.54, 1.807) is 25.3 Å². The minimum Gasteiger partial charge on any atom is -0.450 e. The van der Waals surface area contributed by atoms with E-state index < -0.39 is 6.09 Å². The Hall–Kier alpha value is -2.89. The number of rotatable bonds is 5. The number of carbonyl (C=O) groups excluding carboxylic acids is 2. The van der Waals surface area contributed by atoms with Crippen LogP contribution in [0.2, 0.25) is 0 Å². The van der Waals surface area contributed by atoms with Crippen LogP contribution in [0.25, 0.3) is 0 Å². The molecule has 0 bridgehead atoms. The maximum atomic E-state index is 12.4. The molecule has 0 aliphatic rings. The molecule has 6 nitrogen and oxygen atoms in total. The molecule has 0 fully saturated rings. The zero-order valence-corrected chi connectivity index (χ0v) is 14.1. The fourth-order valence-corrected chi connectivity index (χ4v) is 2.31. The molecule has 2 N–H and O–H groups in total. The molecule has 0 aliphatic carbocycles. The minimum absolute atomic E-state index is 0.198. The third kappa shape index (κ3) is 5.08. The molecule has 1 aromatic carbocycles. The number of ether oxygens (including phenoxy) is 1. The summed E-state index contributed by atoms with van der Waals surface area (Å²) in [5.41, 5.74) is 3.97. The van der Waals surface area contributed by atoms with Crippen molar-refractivity contribution >= 4 is 17.7 Å². The highest BCUT2D eigenvalue weighted by atomic mass is 16.5. The van der Waals surface area contributed by atoms with Gasteiger partial charge in [0.05, 0.1) is 18.8 Å². The maximum absolute atomic E-state index is 12.4. The van der Waals surface area contributed by atoms with E-state index in [0.29, 0.717) is 17.9 Å². The Morgan fingerprint density at radius 2 is 1.83 bits per heavy atom. The molecule has 2 rings (SSSR count). The Labute approximate surface area is 141 Å². The van der Waals surface area contributed by atoms with Gasteiger partial charge in [-0.1, -0.05) is 6.07 Å². The zero-order chi connectivity index (χ0) is 17.5. The summed E-state index contributed by atoms with van der Waals surface area (Å²) in [5, 5.41) is 5.45. The van der Waals surface area contributed by atoms with Gasteiger partial charge in [-0.15, -0.1) is 0 Å². The van der Waals surface area contributed by atoms with Crippen LogP contribution in [0.5, 0.6) is 0 Å². The lowest BCUT2D eigenvalue weighted by molar-refractivity contribution is 0.102. The number of benzene rings is 1. The first kappa shape index (κ1) is 17.5. The first-order chi connectivity index (χ1) is 11.5. The van der Waals surface area contributed by atoms with E-state index in [1.165, 1.54) is 0 Å². The first-order valence-electron chi connectivity index (χ1n) is 7.73. The van der Waals surface area contributed by atoms with E-state index in [9.17, 15) is 9.59 Å². The van der Waals surface area contributed by atoms with Gasteiger partial charge in [0.25, 0.3) is 5.91 Å². The average Bonchev–Trinajstić information content (AvgIpc) is 2.52. The van der Waals surface area contributed by atoms with Gasteiger partial charge in [-0.3, -0.25) is 9.78 Å². The molecule has 0 radical (unpaired) electrons. The van der Waals surface area contributed by atoms with Gasteiger partial charge in [-0.05, 0) is 56.2 Å². The third-order valence-electron chi connectivity index (χ3n) is 3.25. The number of aryl methyl sites for hydroxylation is 2. The van der Waals surface area contributed by atoms with Gasteiger partial charge in [0, 0.05) is 17.4 Å². The summed E-state index contributed by atoms with van der Waals surface area (Å²) in [6, 6.07) is 9.14. The largest absolute Gasteiger partial charge is 0.450 e. The molecular formula is C18H21N3O3. The number of carbonyl (C=O) groups is 2. The monoisotopic (exact) mass is 327 g/mol. The molecule has 1 heterocycles. The van der Waals surface area contributed by atoms with Gasteiger partial charge in [-0.25, -0.2) is 4.79 Å². The van der Waals surface area contributed by atoms with Gasteiger partial charge in [0.1, 0.15) is 0 Å². The second-order valence-electron chi connectivity index (χ2n) is 5.44. The van der Waals surface area contributed by atoms with Crippen LogP contribution in [0.4, 0.5) is 10.5 Å². The van der Waals surface area contributed by atoms with Gasteiger partial charge >= 0.3 is 6.09 Å². The second kappa shape index (κ2) is 8.10. The number of nitrogens with one attached hydrogen (secondary N) is 2. The summed E-state index contributed by atoms with van der Waals surface area (Å²) in [5.74, 6) is -0.222. The summed E-state index contributed by atoms with van der Waals surface area (Å²) in [7, 11) is 0. The predicted molar refractivity (Wildman–Crippen MR) is 92.0 cm³/mol. The SMILES string of the molecule is CCOC(=O)NCc1cc(C(=O)Nc2cc(C)cc(C)c2)ccn1. The maximum Gasteiger partial charge on any atom is 0.407 e. The second-order valence-corrected chi connectivity index (χ2v) is 5.44. The smallest absolute Gasteiger partial charge is 0.407 e. The number of hydrogen-bond acceptors (Lipinski definition) is 4. The van der Waals surface area contributed by atoms with Crippen molar-refractivity contribution in [2.75, 3.05) is 11.9 Å². The van der Waals surface area contributed by atoms with Crippen molar-refractivity contribution < 1.29 is 14.3 Å². The van der Waals surface area contributed by atoms with Crippen LogP contribution in [0.15, 0.2) is 36.5 Å². The number of pyridine rings is 1. The Bertz CT molecular complexity index is 724. The molecule has 6 heteroatoms. The van der Waals surface area contributed by atoms with Crippen molar-refractivity contribution in [2.24, 2.45) is 0 Å². The molecule has 1 aromatic heterocycles. The van der Waals surface area contributed by atoms with Crippen molar-refractivity contribution in [3.63, 3.8) is 0 Å². The Morgan fingerprint density at radius 1 is 1.12 bits per heavy atom. The fourth-order valence-electron chi connectivity index (χ4n) is 2.31. The Kier molecular flexibility index (Phi) is 5.89. The van der Waals surface area contributed by atoms with Gasteiger partial charge in [-0.2, -0.15) is 0 Å². The lowest BCUT2D eigenvalue weighted by Gasteiger charge is -2.09. The van der Waals surface area contributed by atoms with Gasteiger partial charge in [0.2, 0.25) is 0 Å². The van der Waals surface area contributed by atoms with Crippen LogP contribution in [0, 0.1) is 13.8 Å². The highest BCUT2D eigenvalue weighted by Crippen LogP contribution is 2.15. The van der Waals surface area contributed by atoms with Crippen LogP contribution in [-0.4, -0.2) is 23.6 Å². The summed E-state index contributed by atoms with van der Waals surface area (Å²) in [4.78, 5) is 27.8. The Morgan fingerprint density at radius 3 is 2.50 bits per heavy atom. The van der Waals surface area contributed by atoms with Crippen LogP contribution < -0.4 is 10.6 Å². The molecule has 0 aliphatic heterocycles. The van der Waals surface area contributed by atoms with Crippen LogP contribution >= 0.6 is 0 Å². The topological polar surface area (TPSA) is 80.3 Å². The molecular weight excluding hydrogens is 306 g/mol. The standard InChI is InChI=1S/C18H21N3O3/c1-4-24-18(23)20-11-16-10-14(5-6-19-16)17(22)21-15-8-12(2)7-13(3)9-15/h5-10H,4,11H2,1-3H3,(H,20,23)(H,21,22). The van der Waals surface area contributed by atoms with Crippen molar-refractivity contribution in [1.82, 2.24) is 10.3 Å². The molecule has 0 spiro atoms. The van der Waals surface area contributed by atoms with Crippen LogP contribution in [0.3, 0.4) is 0 Å². The van der Waals surface area contributed by atoms with E-state index in [4.69, 9.17) is 4.74 Å². The van der Waals surface area contributed by atoms with Gasteiger partial charge in [0.15, 0.2) is 0 Å². The number of hydrogen-bond donors (Lipinski definition) is 2. The van der Waals surface area contributed by atoms with E-state index in [-0.39, 0.29) is 12.5 Å². The highest BCUT2D eigenvalue weighted by Gasteiger charge is 2.09. The number of anilines is 1. The quantitative estimate of drug-likeness (QED) is 0.884. The molecule has 126 valence electrons. The van der Waals surface area contributed by atoms with Crippen LogP contribution in [-0.2, 0) is 11.3 Å². The van der Waals surface area contributed by atoms with E-state index >= 15 is 0 Å².